The highest BCUT2D eigenvalue weighted by Crippen LogP contribution is 2.20. The minimum atomic E-state index is -1.02. The smallest absolute Gasteiger partial charge is 0.354 e. The first-order chi connectivity index (χ1) is 11.0. The summed E-state index contributed by atoms with van der Waals surface area (Å²) < 4.78 is 0. The molecule has 1 aromatic carbocycles. The van der Waals surface area contributed by atoms with Crippen LogP contribution >= 0.6 is 0 Å². The number of likely N-dealkylation sites (N-methyl/N-ethyl adjacent to an activating group) is 1. The Morgan fingerprint density at radius 2 is 1.91 bits per heavy atom. The van der Waals surface area contributed by atoms with E-state index in [-0.39, 0.29) is 11.7 Å². The number of aromatic carboxylic acids is 1. The lowest BCUT2D eigenvalue weighted by atomic mass is 10.0. The van der Waals surface area contributed by atoms with Crippen molar-refractivity contribution in [3.63, 3.8) is 0 Å². The molecule has 2 N–H and O–H groups in total. The van der Waals surface area contributed by atoms with Crippen LogP contribution in [0.25, 0.3) is 0 Å². The lowest BCUT2D eigenvalue weighted by Gasteiger charge is -2.25. The number of nitrogens with one attached hydrogen (secondary N) is 1. The molecule has 1 heterocycles. The summed E-state index contributed by atoms with van der Waals surface area (Å²) >= 11 is 0. The number of anilines is 1. The summed E-state index contributed by atoms with van der Waals surface area (Å²) in [4.78, 5) is 17.2. The third kappa shape index (κ3) is 4.53. The standard InChI is InChI=1S/C18H23N3O2/c1-4-13-8-10-14(11-9-13)16(21(2)3)12-19-17-7-5-6-15(20-17)18(22)23/h5-11,16H,4,12H2,1-3H3,(H,19,20)(H,22,23). The van der Waals surface area contributed by atoms with E-state index in [2.05, 4.69) is 46.4 Å². The fourth-order valence-corrected chi connectivity index (χ4v) is 2.43. The molecule has 0 saturated heterocycles. The van der Waals surface area contributed by atoms with Crippen LogP contribution in [0.2, 0.25) is 0 Å². The van der Waals surface area contributed by atoms with Crippen molar-refractivity contribution in [3.8, 4) is 0 Å². The second-order valence-electron chi connectivity index (χ2n) is 5.67. The van der Waals surface area contributed by atoms with Gasteiger partial charge in [-0.2, -0.15) is 0 Å². The van der Waals surface area contributed by atoms with Crippen LogP contribution in [0.1, 0.15) is 34.6 Å². The molecule has 2 rings (SSSR count). The highest BCUT2D eigenvalue weighted by atomic mass is 16.4. The van der Waals surface area contributed by atoms with E-state index in [0.717, 1.165) is 6.42 Å². The SMILES string of the molecule is CCc1ccc(C(CNc2cccc(C(=O)O)n2)N(C)C)cc1. The number of aromatic nitrogens is 1. The number of pyridine rings is 1. The van der Waals surface area contributed by atoms with Crippen molar-refractivity contribution in [2.24, 2.45) is 0 Å². The number of nitrogens with zero attached hydrogens (tertiary/aromatic N) is 2. The zero-order valence-corrected chi connectivity index (χ0v) is 13.8. The maximum Gasteiger partial charge on any atom is 0.354 e. The van der Waals surface area contributed by atoms with Gasteiger partial charge in [0, 0.05) is 6.54 Å². The molecule has 5 heteroatoms. The third-order valence-electron chi connectivity index (χ3n) is 3.84. The molecule has 1 aromatic heterocycles. The molecule has 0 bridgehead atoms. The normalized spacial score (nSPS) is 12.2. The molecule has 5 nitrogen and oxygen atoms in total. The molecule has 0 fully saturated rings. The summed E-state index contributed by atoms with van der Waals surface area (Å²) in [5.74, 6) is -0.449. The van der Waals surface area contributed by atoms with E-state index in [1.54, 1.807) is 12.1 Å². The number of benzene rings is 1. The van der Waals surface area contributed by atoms with Gasteiger partial charge in [-0.1, -0.05) is 37.3 Å². The molecule has 0 amide bonds. The van der Waals surface area contributed by atoms with Gasteiger partial charge >= 0.3 is 5.97 Å². The first-order valence-corrected chi connectivity index (χ1v) is 7.70. The van der Waals surface area contributed by atoms with Gasteiger partial charge in [-0.05, 0) is 43.8 Å². The van der Waals surface area contributed by atoms with E-state index >= 15 is 0 Å². The van der Waals surface area contributed by atoms with Crippen molar-refractivity contribution in [3.05, 3.63) is 59.3 Å². The zero-order valence-electron chi connectivity index (χ0n) is 13.8. The number of aryl methyl sites for hydroxylation is 1. The Morgan fingerprint density at radius 1 is 1.22 bits per heavy atom. The number of hydrogen-bond acceptors (Lipinski definition) is 4. The molecule has 2 aromatic rings. The molecule has 0 radical (unpaired) electrons. The van der Waals surface area contributed by atoms with Gasteiger partial charge in [-0.3, -0.25) is 0 Å². The Kier molecular flexibility index (Phi) is 5.71. The molecule has 0 aliphatic heterocycles. The van der Waals surface area contributed by atoms with Crippen LogP contribution in [-0.4, -0.2) is 41.6 Å². The molecule has 0 spiro atoms. The quantitative estimate of drug-likeness (QED) is 0.822. The Bertz CT molecular complexity index is 654. The summed E-state index contributed by atoms with van der Waals surface area (Å²) in [5.41, 5.74) is 2.58. The molecule has 0 aliphatic rings. The first kappa shape index (κ1) is 17.0. The van der Waals surface area contributed by atoms with Gasteiger partial charge in [0.25, 0.3) is 0 Å². The van der Waals surface area contributed by atoms with Gasteiger partial charge in [-0.25, -0.2) is 9.78 Å². The fraction of sp³-hybridized carbons (Fsp3) is 0.333. The average Bonchev–Trinajstić information content (AvgIpc) is 2.55. The van der Waals surface area contributed by atoms with Gasteiger partial charge in [-0.15, -0.1) is 0 Å². The van der Waals surface area contributed by atoms with E-state index in [9.17, 15) is 4.79 Å². The second-order valence-corrected chi connectivity index (χ2v) is 5.67. The molecular formula is C18H23N3O2. The Balaban J connectivity index is 2.10. The van der Waals surface area contributed by atoms with Crippen molar-refractivity contribution in [2.75, 3.05) is 26.0 Å². The van der Waals surface area contributed by atoms with Gasteiger partial charge in [0.05, 0.1) is 6.04 Å². The summed E-state index contributed by atoms with van der Waals surface area (Å²) in [6, 6.07) is 13.7. The average molecular weight is 313 g/mol. The Hall–Kier alpha value is -2.40. The van der Waals surface area contributed by atoms with Crippen LogP contribution in [0.3, 0.4) is 0 Å². The van der Waals surface area contributed by atoms with Crippen LogP contribution < -0.4 is 5.32 Å². The molecule has 0 aliphatic carbocycles. The Morgan fingerprint density at radius 3 is 2.48 bits per heavy atom. The van der Waals surface area contributed by atoms with E-state index in [1.807, 2.05) is 14.1 Å². The fourth-order valence-electron chi connectivity index (χ4n) is 2.43. The van der Waals surface area contributed by atoms with Crippen molar-refractivity contribution >= 4 is 11.8 Å². The first-order valence-electron chi connectivity index (χ1n) is 7.70. The zero-order chi connectivity index (χ0) is 16.8. The predicted octanol–water partition coefficient (Wildman–Crippen LogP) is 3.06. The minimum Gasteiger partial charge on any atom is -0.477 e. The van der Waals surface area contributed by atoms with E-state index in [4.69, 9.17) is 5.11 Å². The highest BCUT2D eigenvalue weighted by Gasteiger charge is 2.14. The number of rotatable bonds is 7. The topological polar surface area (TPSA) is 65.5 Å². The predicted molar refractivity (Wildman–Crippen MR) is 91.9 cm³/mol. The highest BCUT2D eigenvalue weighted by molar-refractivity contribution is 5.85. The molecule has 122 valence electrons. The molecular weight excluding hydrogens is 290 g/mol. The summed E-state index contributed by atoms with van der Waals surface area (Å²) in [7, 11) is 4.06. The van der Waals surface area contributed by atoms with Crippen LogP contribution in [0, 0.1) is 0 Å². The Labute approximate surface area is 137 Å². The van der Waals surface area contributed by atoms with Crippen molar-refractivity contribution in [2.45, 2.75) is 19.4 Å². The lowest BCUT2D eigenvalue weighted by molar-refractivity contribution is 0.0690. The van der Waals surface area contributed by atoms with Gasteiger partial charge in [0.2, 0.25) is 0 Å². The van der Waals surface area contributed by atoms with Crippen LogP contribution in [0.5, 0.6) is 0 Å². The van der Waals surface area contributed by atoms with Crippen molar-refractivity contribution in [1.29, 1.82) is 0 Å². The van der Waals surface area contributed by atoms with E-state index in [0.29, 0.717) is 12.4 Å². The molecule has 0 saturated carbocycles. The van der Waals surface area contributed by atoms with Gasteiger partial charge < -0.3 is 15.3 Å². The molecule has 23 heavy (non-hydrogen) atoms. The number of carboxylic acids is 1. The minimum absolute atomic E-state index is 0.0451. The number of carbonyl (C=O) groups is 1. The summed E-state index contributed by atoms with van der Waals surface area (Å²) in [6.45, 7) is 2.79. The third-order valence-corrected chi connectivity index (χ3v) is 3.84. The van der Waals surface area contributed by atoms with Crippen LogP contribution in [0.4, 0.5) is 5.82 Å². The van der Waals surface area contributed by atoms with Gasteiger partial charge in [0.15, 0.2) is 5.69 Å². The number of carboxylic acid groups (broad SMARTS) is 1. The monoisotopic (exact) mass is 313 g/mol. The van der Waals surface area contributed by atoms with Crippen LogP contribution in [-0.2, 0) is 6.42 Å². The van der Waals surface area contributed by atoms with Crippen molar-refractivity contribution in [1.82, 2.24) is 9.88 Å². The van der Waals surface area contributed by atoms with Crippen molar-refractivity contribution < 1.29 is 9.90 Å². The van der Waals surface area contributed by atoms with E-state index in [1.165, 1.54) is 17.2 Å². The summed E-state index contributed by atoms with van der Waals surface area (Å²) in [5, 5.41) is 12.2. The lowest BCUT2D eigenvalue weighted by Crippen LogP contribution is -2.27. The van der Waals surface area contributed by atoms with E-state index < -0.39 is 5.97 Å². The van der Waals surface area contributed by atoms with Gasteiger partial charge in [0.1, 0.15) is 5.82 Å². The largest absolute Gasteiger partial charge is 0.477 e. The summed E-state index contributed by atoms with van der Waals surface area (Å²) in [6.07, 6.45) is 1.02. The molecule has 1 unspecified atom stereocenters. The second kappa shape index (κ2) is 7.74. The maximum absolute atomic E-state index is 11.0. The molecule has 1 atom stereocenters. The van der Waals surface area contributed by atoms with Crippen LogP contribution in [0.15, 0.2) is 42.5 Å². The number of hydrogen-bond donors (Lipinski definition) is 2. The maximum atomic E-state index is 11.0.